The lowest BCUT2D eigenvalue weighted by Gasteiger charge is -2.12. The van der Waals surface area contributed by atoms with E-state index in [2.05, 4.69) is 10.3 Å². The molecular formula is C14H12F3N3O. The van der Waals surface area contributed by atoms with E-state index in [1.54, 1.807) is 19.2 Å². The molecule has 2 aromatic rings. The average Bonchev–Trinajstić information content (AvgIpc) is 2.39. The van der Waals surface area contributed by atoms with Crippen molar-refractivity contribution in [3.05, 3.63) is 53.3 Å². The molecule has 0 aliphatic carbocycles. The molecule has 4 nitrogen and oxygen atoms in total. The number of nitrogens with zero attached hydrogens (tertiary/aromatic N) is 1. The van der Waals surface area contributed by atoms with Crippen molar-refractivity contribution in [1.82, 2.24) is 4.98 Å². The van der Waals surface area contributed by atoms with Crippen molar-refractivity contribution in [2.45, 2.75) is 13.1 Å². The van der Waals surface area contributed by atoms with Crippen molar-refractivity contribution >= 4 is 17.3 Å². The van der Waals surface area contributed by atoms with Crippen LogP contribution in [0.5, 0.6) is 0 Å². The summed E-state index contributed by atoms with van der Waals surface area (Å²) in [5.41, 5.74) is 4.97. The van der Waals surface area contributed by atoms with Gasteiger partial charge in [-0.1, -0.05) is 0 Å². The number of hydrogen-bond donors (Lipinski definition) is 2. The molecule has 1 aromatic carbocycles. The number of rotatable bonds is 2. The van der Waals surface area contributed by atoms with Crippen LogP contribution < -0.4 is 11.1 Å². The van der Waals surface area contributed by atoms with Crippen LogP contribution in [0.1, 0.15) is 21.5 Å². The number of carbonyl (C=O) groups excluding carboxylic acids is 1. The van der Waals surface area contributed by atoms with Gasteiger partial charge >= 0.3 is 6.18 Å². The van der Waals surface area contributed by atoms with E-state index in [9.17, 15) is 18.0 Å². The normalized spacial score (nSPS) is 11.2. The molecule has 0 spiro atoms. The minimum absolute atomic E-state index is 0.0167. The SMILES string of the molecule is Cc1cncc(C(=O)Nc2ccc(N)c(C(F)(F)F)c2)c1. The molecule has 0 aliphatic heterocycles. The van der Waals surface area contributed by atoms with E-state index < -0.39 is 23.3 Å². The molecule has 0 saturated heterocycles. The van der Waals surface area contributed by atoms with Crippen LogP contribution >= 0.6 is 0 Å². The van der Waals surface area contributed by atoms with Crippen LogP contribution in [0.3, 0.4) is 0 Å². The minimum Gasteiger partial charge on any atom is -0.398 e. The maximum atomic E-state index is 12.7. The predicted octanol–water partition coefficient (Wildman–Crippen LogP) is 3.24. The van der Waals surface area contributed by atoms with Gasteiger partial charge in [-0.25, -0.2) is 0 Å². The Morgan fingerprint density at radius 2 is 1.95 bits per heavy atom. The summed E-state index contributed by atoms with van der Waals surface area (Å²) in [6, 6.07) is 4.80. The molecule has 1 aromatic heterocycles. The van der Waals surface area contributed by atoms with E-state index >= 15 is 0 Å². The third-order valence-electron chi connectivity index (χ3n) is 2.75. The summed E-state index contributed by atoms with van der Waals surface area (Å²) >= 11 is 0. The molecular weight excluding hydrogens is 283 g/mol. The first kappa shape index (κ1) is 14.8. The number of aryl methyl sites for hydroxylation is 1. The highest BCUT2D eigenvalue weighted by atomic mass is 19.4. The zero-order valence-electron chi connectivity index (χ0n) is 11.0. The number of alkyl halides is 3. The molecule has 7 heteroatoms. The number of benzene rings is 1. The first-order chi connectivity index (χ1) is 9.77. The fourth-order valence-corrected chi connectivity index (χ4v) is 1.76. The largest absolute Gasteiger partial charge is 0.418 e. The molecule has 1 amide bonds. The average molecular weight is 295 g/mol. The van der Waals surface area contributed by atoms with Gasteiger partial charge < -0.3 is 11.1 Å². The van der Waals surface area contributed by atoms with Crippen LogP contribution in [-0.2, 0) is 6.18 Å². The Morgan fingerprint density at radius 3 is 2.57 bits per heavy atom. The molecule has 21 heavy (non-hydrogen) atoms. The summed E-state index contributed by atoms with van der Waals surface area (Å²) in [7, 11) is 0. The third-order valence-corrected chi connectivity index (χ3v) is 2.75. The summed E-state index contributed by atoms with van der Waals surface area (Å²) < 4.78 is 38.2. The molecule has 0 unspecified atom stereocenters. The highest BCUT2D eigenvalue weighted by molar-refractivity contribution is 6.04. The van der Waals surface area contributed by atoms with Crippen LogP contribution in [0.4, 0.5) is 24.5 Å². The van der Waals surface area contributed by atoms with Crippen molar-refractivity contribution in [3.63, 3.8) is 0 Å². The van der Waals surface area contributed by atoms with Crippen LogP contribution in [0.15, 0.2) is 36.7 Å². The van der Waals surface area contributed by atoms with E-state index in [1.165, 1.54) is 12.3 Å². The number of amides is 1. The van der Waals surface area contributed by atoms with Crippen LogP contribution in [-0.4, -0.2) is 10.9 Å². The van der Waals surface area contributed by atoms with Gasteiger partial charge in [-0.05, 0) is 36.8 Å². The smallest absolute Gasteiger partial charge is 0.398 e. The number of nitrogen functional groups attached to an aromatic ring is 1. The van der Waals surface area contributed by atoms with E-state index in [0.29, 0.717) is 0 Å². The number of nitrogens with two attached hydrogens (primary N) is 1. The Morgan fingerprint density at radius 1 is 1.24 bits per heavy atom. The highest BCUT2D eigenvalue weighted by Gasteiger charge is 2.33. The quantitative estimate of drug-likeness (QED) is 0.836. The summed E-state index contributed by atoms with van der Waals surface area (Å²) in [5.74, 6) is -0.538. The molecule has 110 valence electrons. The summed E-state index contributed by atoms with van der Waals surface area (Å²) in [6.45, 7) is 1.76. The lowest BCUT2D eigenvalue weighted by Crippen LogP contribution is -2.14. The van der Waals surface area contributed by atoms with Crippen LogP contribution in [0.25, 0.3) is 0 Å². The Bertz CT molecular complexity index is 683. The lowest BCUT2D eigenvalue weighted by molar-refractivity contribution is -0.136. The monoisotopic (exact) mass is 295 g/mol. The van der Waals surface area contributed by atoms with Gasteiger partial charge in [-0.3, -0.25) is 9.78 Å². The van der Waals surface area contributed by atoms with Crippen molar-refractivity contribution < 1.29 is 18.0 Å². The molecule has 1 heterocycles. The minimum atomic E-state index is -4.57. The van der Waals surface area contributed by atoms with E-state index in [4.69, 9.17) is 5.73 Å². The molecule has 0 radical (unpaired) electrons. The van der Waals surface area contributed by atoms with Gasteiger partial charge in [0.2, 0.25) is 0 Å². The van der Waals surface area contributed by atoms with Crippen molar-refractivity contribution in [2.24, 2.45) is 0 Å². The molecule has 0 aliphatic rings. The van der Waals surface area contributed by atoms with Crippen molar-refractivity contribution in [3.8, 4) is 0 Å². The van der Waals surface area contributed by atoms with Crippen molar-refractivity contribution in [2.75, 3.05) is 11.1 Å². The zero-order valence-corrected chi connectivity index (χ0v) is 11.0. The van der Waals surface area contributed by atoms with Gasteiger partial charge in [0, 0.05) is 23.8 Å². The van der Waals surface area contributed by atoms with Gasteiger partial charge in [0.05, 0.1) is 11.1 Å². The number of anilines is 2. The van der Waals surface area contributed by atoms with Gasteiger partial charge in [-0.15, -0.1) is 0 Å². The number of nitrogens with one attached hydrogen (secondary N) is 1. The fourth-order valence-electron chi connectivity index (χ4n) is 1.76. The fraction of sp³-hybridized carbons (Fsp3) is 0.143. The van der Waals surface area contributed by atoms with Gasteiger partial charge in [0.15, 0.2) is 0 Å². The molecule has 0 bridgehead atoms. The summed E-state index contributed by atoms with van der Waals surface area (Å²) in [6.07, 6.45) is -1.66. The maximum Gasteiger partial charge on any atom is 0.418 e. The van der Waals surface area contributed by atoms with E-state index in [1.807, 2.05) is 0 Å². The predicted molar refractivity (Wildman–Crippen MR) is 72.8 cm³/mol. The van der Waals surface area contributed by atoms with Crippen molar-refractivity contribution in [1.29, 1.82) is 0 Å². The van der Waals surface area contributed by atoms with Crippen LogP contribution in [0, 0.1) is 6.92 Å². The highest BCUT2D eigenvalue weighted by Crippen LogP contribution is 2.35. The molecule has 0 atom stereocenters. The first-order valence-electron chi connectivity index (χ1n) is 5.97. The van der Waals surface area contributed by atoms with Crippen LogP contribution in [0.2, 0.25) is 0 Å². The first-order valence-corrected chi connectivity index (χ1v) is 5.97. The summed E-state index contributed by atoms with van der Waals surface area (Å²) in [5, 5.41) is 2.39. The summed E-state index contributed by atoms with van der Waals surface area (Å²) in [4.78, 5) is 15.8. The Kier molecular flexibility index (Phi) is 3.84. The van der Waals surface area contributed by atoms with Gasteiger partial charge in [0.25, 0.3) is 5.91 Å². The second kappa shape index (κ2) is 5.43. The topological polar surface area (TPSA) is 68.0 Å². The molecule has 0 fully saturated rings. The Balaban J connectivity index is 2.26. The molecule has 2 rings (SSSR count). The number of carbonyl (C=O) groups is 1. The maximum absolute atomic E-state index is 12.7. The third kappa shape index (κ3) is 3.50. The lowest BCUT2D eigenvalue weighted by atomic mass is 10.1. The Hall–Kier alpha value is -2.57. The van der Waals surface area contributed by atoms with Gasteiger partial charge in [0.1, 0.15) is 0 Å². The number of aromatic nitrogens is 1. The van der Waals surface area contributed by atoms with E-state index in [0.717, 1.165) is 17.7 Å². The standard InChI is InChI=1S/C14H12F3N3O/c1-8-4-9(7-19-6-8)13(21)20-10-2-3-12(18)11(5-10)14(15,16)17/h2-7H,18H2,1H3,(H,20,21). The number of pyridine rings is 1. The zero-order chi connectivity index (χ0) is 15.6. The second-order valence-electron chi connectivity index (χ2n) is 4.50. The molecule has 3 N–H and O–H groups in total. The number of hydrogen-bond acceptors (Lipinski definition) is 3. The van der Waals surface area contributed by atoms with E-state index in [-0.39, 0.29) is 11.3 Å². The number of halogens is 3. The second-order valence-corrected chi connectivity index (χ2v) is 4.50. The van der Waals surface area contributed by atoms with Gasteiger partial charge in [-0.2, -0.15) is 13.2 Å². The Labute approximate surface area is 118 Å². The molecule has 0 saturated carbocycles.